The summed E-state index contributed by atoms with van der Waals surface area (Å²) in [6, 6.07) is 0.142. The van der Waals surface area contributed by atoms with Crippen LogP contribution in [0.4, 0.5) is 0 Å². The Morgan fingerprint density at radius 2 is 1.22 bits per heavy atom. The van der Waals surface area contributed by atoms with E-state index < -0.39 is 117 Å². The Labute approximate surface area is 495 Å². The van der Waals surface area contributed by atoms with Crippen LogP contribution in [0.3, 0.4) is 0 Å². The normalized spacial score (nSPS) is 16.1. The summed E-state index contributed by atoms with van der Waals surface area (Å²) in [7, 11) is 0. The Balaban J connectivity index is 1.15. The molecule has 34 heteroatoms. The van der Waals surface area contributed by atoms with Crippen LogP contribution in [-0.2, 0) is 35.3 Å². The van der Waals surface area contributed by atoms with E-state index in [9.17, 15) is 57.8 Å². The van der Waals surface area contributed by atoms with Gasteiger partial charge in [-0.2, -0.15) is 0 Å². The highest BCUT2D eigenvalue weighted by atomic mass is 32.1. The number of aromatic nitrogens is 6. The highest BCUT2D eigenvalue weighted by molar-refractivity contribution is 7.13. The number of aliphatic hydroxyl groups excluding tert-OH is 1. The zero-order valence-corrected chi connectivity index (χ0v) is 47.4. The number of aliphatic hydroxyl groups is 1. The van der Waals surface area contributed by atoms with E-state index in [1.165, 1.54) is 48.2 Å². The molecule has 86 heavy (non-hydrogen) atoms. The number of hydrogen-bond donors (Lipinski definition) is 12. The number of carbonyl (C=O) groups is 11. The predicted molar refractivity (Wildman–Crippen MR) is 303 cm³/mol. The number of amides is 10. The molecule has 10 amide bonds. The zero-order valence-electron chi connectivity index (χ0n) is 44.9. The quantitative estimate of drug-likeness (QED) is 0.0681. The van der Waals surface area contributed by atoms with Crippen LogP contribution in [0.25, 0.3) is 33.4 Å². The molecule has 2 unspecified atom stereocenters. The first-order valence-electron chi connectivity index (χ1n) is 24.3. The lowest BCUT2D eigenvalue weighted by Crippen LogP contribution is -2.52. The first kappa shape index (κ1) is 62.4. The fourth-order valence-electron chi connectivity index (χ4n) is 6.81. The van der Waals surface area contributed by atoms with Gasteiger partial charge < -0.3 is 72.2 Å². The summed E-state index contributed by atoms with van der Waals surface area (Å²) in [6.45, 7) is 25.0. The van der Waals surface area contributed by atoms with Crippen molar-refractivity contribution in [3.63, 3.8) is 0 Å². The summed E-state index contributed by atoms with van der Waals surface area (Å²) in [6.07, 6.45) is 1.94. The second-order valence-electron chi connectivity index (χ2n) is 17.6. The highest BCUT2D eigenvalue weighted by Crippen LogP contribution is 2.34. The van der Waals surface area contributed by atoms with Crippen LogP contribution in [-0.4, -0.2) is 117 Å². The summed E-state index contributed by atoms with van der Waals surface area (Å²) < 4.78 is 11.1. The molecule has 0 aliphatic carbocycles. The molecule has 1 aliphatic heterocycles. The van der Waals surface area contributed by atoms with Gasteiger partial charge in [-0.15, -0.1) is 34.0 Å². The van der Waals surface area contributed by atoms with E-state index in [2.05, 4.69) is 112 Å². The minimum absolute atomic E-state index is 0.0187. The van der Waals surface area contributed by atoms with Crippen LogP contribution in [0.1, 0.15) is 101 Å². The monoisotopic (exact) mass is 1250 g/mol. The van der Waals surface area contributed by atoms with Crippen molar-refractivity contribution >= 4 is 110 Å². The van der Waals surface area contributed by atoms with Crippen LogP contribution in [0, 0.1) is 0 Å². The maximum Gasteiger partial charge on any atom is 0.351 e. The van der Waals surface area contributed by atoms with Gasteiger partial charge in [-0.1, -0.05) is 45.5 Å². The number of thiazole rings is 3. The van der Waals surface area contributed by atoms with Crippen LogP contribution in [0.5, 0.6) is 0 Å². The number of allylic oxidation sites excluding steroid dienone is 1. The Morgan fingerprint density at radius 1 is 0.651 bits per heavy atom. The number of carboxylic acids is 1. The number of aliphatic carboxylic acids is 1. The third kappa shape index (κ3) is 15.1. The molecule has 6 aromatic rings. The number of nitrogens with one attached hydrogen (secondary N) is 10. The Bertz CT molecular complexity index is 3950. The summed E-state index contributed by atoms with van der Waals surface area (Å²) in [5, 5.41) is 47.8. The Morgan fingerprint density at radius 3 is 1.88 bits per heavy atom. The van der Waals surface area contributed by atoms with E-state index in [0.29, 0.717) is 10.0 Å². The lowest BCUT2D eigenvalue weighted by molar-refractivity contribution is -0.134. The third-order valence-electron chi connectivity index (χ3n) is 11.3. The fraction of sp³-hybridized carbons (Fsp3) is 0.135. The van der Waals surface area contributed by atoms with Crippen molar-refractivity contribution < 1.29 is 71.8 Å². The maximum absolute atomic E-state index is 13.8. The largest absolute Gasteiger partial charge is 0.477 e. The lowest BCUT2D eigenvalue weighted by atomic mass is 10.1. The molecule has 0 aromatic carbocycles. The van der Waals surface area contributed by atoms with E-state index >= 15 is 0 Å². The summed E-state index contributed by atoms with van der Waals surface area (Å²) in [5.74, 6) is -11.7. The second-order valence-corrected chi connectivity index (χ2v) is 20.3. The van der Waals surface area contributed by atoms with Gasteiger partial charge in [0.2, 0.25) is 17.7 Å². The van der Waals surface area contributed by atoms with Crippen LogP contribution in [0.2, 0.25) is 0 Å². The lowest BCUT2D eigenvalue weighted by Gasteiger charge is -2.20. The fourth-order valence-corrected chi connectivity index (χ4v) is 9.16. The highest BCUT2D eigenvalue weighted by Gasteiger charge is 2.31. The van der Waals surface area contributed by atoms with Crippen molar-refractivity contribution in [3.05, 3.63) is 165 Å². The summed E-state index contributed by atoms with van der Waals surface area (Å²) in [4.78, 5) is 169. The molecule has 1 aliphatic rings. The number of pyridine rings is 1. The topological polar surface area (TPSA) is 452 Å². The summed E-state index contributed by atoms with van der Waals surface area (Å²) in [5.41, 5.74) is -4.74. The molecular formula is C52H46N16O15S3. The zero-order chi connectivity index (χ0) is 62.8. The van der Waals surface area contributed by atoms with Crippen molar-refractivity contribution in [3.8, 4) is 22.0 Å². The molecule has 442 valence electrons. The first-order valence-corrected chi connectivity index (χ1v) is 26.9. The molecule has 6 aromatic heterocycles. The SMILES string of the molecule is C=C(N[13C](=O)C(=C)N[13C](=O)C(=C)N[13C](=O)C(=C)N[13C](=O)c1ccc2[13c](n1)-c1co[13c](n1)C(=C)N[13C](=O)C(=C)N[13C](=O)c1cs[13c](n1)C(C)N[13C](=O)c1cs[13c](n1)CN[13C](=O)c1coc(n1)/C(=C\C)NC(=O)[C@H](C(C)O)N[13C](=O)c1cs[13c]-2n1)[13C](=O)O. The van der Waals surface area contributed by atoms with Crippen molar-refractivity contribution in [2.75, 3.05) is 0 Å². The van der Waals surface area contributed by atoms with Crippen LogP contribution in [0.15, 0.2) is 124 Å². The average Bonchev–Trinajstić information content (AvgIpc) is 4.19. The number of nitrogens with zero attached hydrogens (tertiary/aromatic N) is 6. The van der Waals surface area contributed by atoms with Gasteiger partial charge in [0.25, 0.3) is 53.2 Å². The van der Waals surface area contributed by atoms with Gasteiger partial charge in [-0.3, -0.25) is 47.9 Å². The molecule has 7 heterocycles. The molecule has 0 radical (unpaired) electrons. The third-order valence-corrected chi connectivity index (χ3v) is 14.0. The van der Waals surface area contributed by atoms with Gasteiger partial charge in [0, 0.05) is 21.7 Å². The molecule has 31 nitrogen and oxygen atoms in total. The number of carboxylic acid groups (broad SMARTS) is 1. The maximum atomic E-state index is 13.8. The van der Waals surface area contributed by atoms with E-state index in [1.807, 2.05) is 10.6 Å². The minimum atomic E-state index is -1.63. The first-order chi connectivity index (χ1) is 40.7. The van der Waals surface area contributed by atoms with Crippen molar-refractivity contribution in [1.82, 2.24) is 83.1 Å². The van der Waals surface area contributed by atoms with Crippen molar-refractivity contribution in [2.45, 2.75) is 45.5 Å². The Kier molecular flexibility index (Phi) is 19.4. The van der Waals surface area contributed by atoms with Gasteiger partial charge in [-0.05, 0) is 32.9 Å². The van der Waals surface area contributed by atoms with E-state index in [0.717, 1.165) is 46.5 Å². The smallest absolute Gasteiger partial charge is 0.351 e. The van der Waals surface area contributed by atoms with Gasteiger partial charge >= 0.3 is 5.97 Å². The number of rotatable bonds is 10. The number of hydrogen-bond acceptors (Lipinski definition) is 23. The van der Waals surface area contributed by atoms with E-state index in [-0.39, 0.29) is 74.5 Å². The van der Waals surface area contributed by atoms with Gasteiger partial charge in [-0.25, -0.2) is 34.7 Å². The summed E-state index contributed by atoms with van der Waals surface area (Å²) >= 11 is 2.99. The van der Waals surface area contributed by atoms with Crippen molar-refractivity contribution in [1.29, 1.82) is 0 Å². The van der Waals surface area contributed by atoms with Gasteiger partial charge in [0.05, 0.1) is 52.9 Å². The van der Waals surface area contributed by atoms with Gasteiger partial charge in [0.1, 0.15) is 73.5 Å². The molecular weight excluding hydrogens is 1200 g/mol. The van der Waals surface area contributed by atoms with Crippen LogP contribution < -0.4 is 53.2 Å². The molecule has 3 atom stereocenters. The molecule has 12 N–H and O–H groups in total. The molecule has 0 saturated heterocycles. The van der Waals surface area contributed by atoms with Gasteiger partial charge in [0.15, 0.2) is 5.69 Å². The molecule has 0 saturated carbocycles. The van der Waals surface area contributed by atoms with E-state index in [1.54, 1.807) is 6.92 Å². The minimum Gasteiger partial charge on any atom is -0.477 e. The Hall–Kier alpha value is -11.2. The predicted octanol–water partition coefficient (Wildman–Crippen LogP) is 1.40. The van der Waals surface area contributed by atoms with E-state index in [4.69, 9.17) is 13.9 Å². The van der Waals surface area contributed by atoms with Crippen molar-refractivity contribution in [2.24, 2.45) is 0 Å². The second kappa shape index (κ2) is 26.8. The number of carbonyl (C=O) groups excluding carboxylic acids is 10. The molecule has 7 rings (SSSR count). The molecule has 0 fully saturated rings. The number of oxazole rings is 2. The standard InChI is InChI=1S/C52H46N16O15S3/c1-10-28-49-65-31(15-83-49)42(74)53-13-35-61-32(16-84-35)44(76)59-24(7)50-66-33(17-85-50)45(77)57-22(5)40(72)58-23(6)48-64-30(14-82-48)37-27(51-67-34(18-86-51)46(78)68-36(26(9)69)47(79)63-28)11-12-29(62-37)43(75)56-21(4)39(71)54-19(2)38(70)55-20(3)41(73)60-25(8)52(80)81/h10-12,14-18,24,26,36,69H,2-6,8,13H2,1,7,9H3,(H,53,74)(H,54,71)(H,55,70)(H,56,75)(H,57,77)(H,58,72)(H,59,76)(H,60,73)(H,63,79)(H,68,78)(H,80,81)/b28-10+/t24?,26?,36-/m0/s1/i35+1,37+1,38+1,39+1,40+1,41+1,42+1,43+1,44+1,45+1,46+1,48+1,50+1,51+1,52+1. The van der Waals surface area contributed by atoms with Crippen LogP contribution >= 0.6 is 34.0 Å². The number of fused-ring (bicyclic) bond motifs is 13. The molecule has 10 bridgehead atoms. The average molecular weight is 1250 g/mol. The molecule has 0 spiro atoms.